The van der Waals surface area contributed by atoms with E-state index in [2.05, 4.69) is 20.3 Å². The van der Waals surface area contributed by atoms with Crippen LogP contribution in [0, 0.1) is 0 Å². The summed E-state index contributed by atoms with van der Waals surface area (Å²) in [6.45, 7) is 3.65. The molecule has 3 heterocycles. The minimum absolute atomic E-state index is 0.0818. The molecule has 2 aromatic carbocycles. The molecule has 1 saturated heterocycles. The van der Waals surface area contributed by atoms with Crippen molar-refractivity contribution >= 4 is 16.8 Å². The average molecular weight is 403 g/mol. The molecule has 0 radical (unpaired) electrons. The Hall–Kier alpha value is -3.68. The zero-order valence-electron chi connectivity index (χ0n) is 16.5. The van der Waals surface area contributed by atoms with E-state index in [1.54, 1.807) is 0 Å². The molecule has 8 nitrogen and oxygen atoms in total. The molecule has 0 spiro atoms. The third-order valence-corrected chi connectivity index (χ3v) is 5.28. The molecule has 0 saturated carbocycles. The van der Waals surface area contributed by atoms with Gasteiger partial charge in [-0.15, -0.1) is 0 Å². The first-order valence-electron chi connectivity index (χ1n) is 9.98. The van der Waals surface area contributed by atoms with Crippen LogP contribution in [0.4, 0.5) is 0 Å². The van der Waals surface area contributed by atoms with Crippen LogP contribution in [0.15, 0.2) is 53.1 Å². The Balaban J connectivity index is 1.32. The number of amides is 1. The lowest BCUT2D eigenvalue weighted by molar-refractivity contribution is -0.128. The van der Waals surface area contributed by atoms with E-state index in [-0.39, 0.29) is 11.8 Å². The average Bonchev–Trinajstić information content (AvgIpc) is 3.47. The van der Waals surface area contributed by atoms with Crippen molar-refractivity contribution in [3.05, 3.63) is 59.9 Å². The molecule has 5 rings (SSSR count). The van der Waals surface area contributed by atoms with E-state index in [9.17, 15) is 4.79 Å². The monoisotopic (exact) mass is 403 g/mol. The first-order valence-corrected chi connectivity index (χ1v) is 9.98. The predicted molar refractivity (Wildman–Crippen MR) is 110 cm³/mol. The smallest absolute Gasteiger partial charge is 0.279 e. The molecule has 30 heavy (non-hydrogen) atoms. The Kier molecular flexibility index (Phi) is 4.66. The standard InChI is InChI=1S/C22H21N5O3/c1-2-29-16-7-5-6-14(10-16)12-27-13-15(11-19(27)28)21-23-22(30-26-21)20-17-8-3-4-9-18(17)24-25-20/h3-10,15H,2,11-13H2,1H3,(H,24,25). The highest BCUT2D eigenvalue weighted by Crippen LogP contribution is 2.31. The van der Waals surface area contributed by atoms with E-state index >= 15 is 0 Å². The summed E-state index contributed by atoms with van der Waals surface area (Å²) in [5, 5.41) is 12.3. The number of ether oxygens (including phenoxy) is 1. The van der Waals surface area contributed by atoms with Gasteiger partial charge in [-0.05, 0) is 30.7 Å². The number of nitrogens with one attached hydrogen (secondary N) is 1. The van der Waals surface area contributed by atoms with Crippen LogP contribution in [0.5, 0.6) is 5.75 Å². The quantitative estimate of drug-likeness (QED) is 0.529. The molecule has 0 aliphatic carbocycles. The van der Waals surface area contributed by atoms with Crippen LogP contribution in [-0.4, -0.2) is 44.3 Å². The van der Waals surface area contributed by atoms with Gasteiger partial charge in [0.15, 0.2) is 11.5 Å². The van der Waals surface area contributed by atoms with E-state index in [1.807, 2.05) is 60.4 Å². The summed E-state index contributed by atoms with van der Waals surface area (Å²) >= 11 is 0. The molecule has 1 aliphatic heterocycles. The number of aromatic amines is 1. The van der Waals surface area contributed by atoms with Crippen LogP contribution in [-0.2, 0) is 11.3 Å². The van der Waals surface area contributed by atoms with Crippen molar-refractivity contribution in [2.24, 2.45) is 0 Å². The number of aromatic nitrogens is 4. The fourth-order valence-corrected chi connectivity index (χ4v) is 3.84. The number of hydrogen-bond acceptors (Lipinski definition) is 6. The van der Waals surface area contributed by atoms with Crippen LogP contribution in [0.25, 0.3) is 22.5 Å². The van der Waals surface area contributed by atoms with Crippen LogP contribution in [0.3, 0.4) is 0 Å². The summed E-state index contributed by atoms with van der Waals surface area (Å²) in [5.74, 6) is 1.69. The summed E-state index contributed by atoms with van der Waals surface area (Å²) in [7, 11) is 0. The molecule has 0 bridgehead atoms. The highest BCUT2D eigenvalue weighted by Gasteiger charge is 2.34. The lowest BCUT2D eigenvalue weighted by atomic mass is 10.1. The van der Waals surface area contributed by atoms with Crippen molar-refractivity contribution in [2.75, 3.05) is 13.2 Å². The van der Waals surface area contributed by atoms with Gasteiger partial charge in [-0.25, -0.2) is 0 Å². The van der Waals surface area contributed by atoms with E-state index in [0.717, 1.165) is 22.2 Å². The fraction of sp³-hybridized carbons (Fsp3) is 0.273. The van der Waals surface area contributed by atoms with Gasteiger partial charge in [-0.2, -0.15) is 10.1 Å². The molecule has 4 aromatic rings. The van der Waals surface area contributed by atoms with Gasteiger partial charge in [0.25, 0.3) is 5.89 Å². The SMILES string of the molecule is CCOc1cccc(CN2CC(c3noc(-c4n[nH]c5ccccc45)n3)CC2=O)c1. The van der Waals surface area contributed by atoms with Crippen molar-refractivity contribution in [3.63, 3.8) is 0 Å². The minimum Gasteiger partial charge on any atom is -0.494 e. The maximum absolute atomic E-state index is 12.6. The van der Waals surface area contributed by atoms with Crippen LogP contribution >= 0.6 is 0 Å². The maximum Gasteiger partial charge on any atom is 0.279 e. The number of fused-ring (bicyclic) bond motifs is 1. The molecular formula is C22H21N5O3. The van der Waals surface area contributed by atoms with Crippen LogP contribution in [0.2, 0.25) is 0 Å². The summed E-state index contributed by atoms with van der Waals surface area (Å²) in [6.07, 6.45) is 0.367. The minimum atomic E-state index is -0.102. The van der Waals surface area contributed by atoms with E-state index in [1.165, 1.54) is 0 Å². The Bertz CT molecular complexity index is 1200. The van der Waals surface area contributed by atoms with E-state index < -0.39 is 0 Å². The van der Waals surface area contributed by atoms with Gasteiger partial charge < -0.3 is 14.2 Å². The normalized spacial score (nSPS) is 16.5. The molecule has 1 N–H and O–H groups in total. The molecule has 1 unspecified atom stereocenters. The molecule has 152 valence electrons. The molecule has 1 atom stereocenters. The first kappa shape index (κ1) is 18.4. The highest BCUT2D eigenvalue weighted by atomic mass is 16.5. The van der Waals surface area contributed by atoms with Gasteiger partial charge in [0.05, 0.1) is 12.1 Å². The number of hydrogen-bond donors (Lipinski definition) is 1. The molecule has 1 amide bonds. The molecule has 2 aromatic heterocycles. The van der Waals surface area contributed by atoms with Crippen LogP contribution < -0.4 is 4.74 Å². The summed E-state index contributed by atoms with van der Waals surface area (Å²) in [5.41, 5.74) is 2.56. The Morgan fingerprint density at radius 1 is 1.23 bits per heavy atom. The first-order chi connectivity index (χ1) is 14.7. The topological polar surface area (TPSA) is 97.1 Å². The van der Waals surface area contributed by atoms with Crippen molar-refractivity contribution in [1.29, 1.82) is 0 Å². The lowest BCUT2D eigenvalue weighted by Gasteiger charge is -2.16. The Morgan fingerprint density at radius 3 is 3.03 bits per heavy atom. The van der Waals surface area contributed by atoms with Gasteiger partial charge in [-0.3, -0.25) is 9.89 Å². The third kappa shape index (κ3) is 3.41. The second-order valence-electron chi connectivity index (χ2n) is 7.33. The van der Waals surface area contributed by atoms with Crippen molar-refractivity contribution < 1.29 is 14.1 Å². The summed E-state index contributed by atoms with van der Waals surface area (Å²) in [6, 6.07) is 15.6. The highest BCUT2D eigenvalue weighted by molar-refractivity contribution is 5.90. The second-order valence-corrected chi connectivity index (χ2v) is 7.33. The van der Waals surface area contributed by atoms with Crippen LogP contribution in [0.1, 0.15) is 30.7 Å². The van der Waals surface area contributed by atoms with Crippen molar-refractivity contribution in [1.82, 2.24) is 25.2 Å². The van der Waals surface area contributed by atoms with E-state index in [4.69, 9.17) is 9.26 Å². The Morgan fingerprint density at radius 2 is 2.13 bits per heavy atom. The Labute approximate surface area is 172 Å². The van der Waals surface area contributed by atoms with Gasteiger partial charge in [0.2, 0.25) is 5.91 Å². The third-order valence-electron chi connectivity index (χ3n) is 5.28. The number of carbonyl (C=O) groups excluding carboxylic acids is 1. The molecule has 1 fully saturated rings. The lowest BCUT2D eigenvalue weighted by Crippen LogP contribution is -2.24. The zero-order valence-corrected chi connectivity index (χ0v) is 16.5. The number of carbonyl (C=O) groups is 1. The van der Waals surface area contributed by atoms with Gasteiger partial charge in [0, 0.05) is 30.8 Å². The number of nitrogens with zero attached hydrogens (tertiary/aromatic N) is 4. The van der Waals surface area contributed by atoms with Crippen molar-refractivity contribution in [3.8, 4) is 17.3 Å². The second kappa shape index (κ2) is 7.62. The number of rotatable bonds is 6. The predicted octanol–water partition coefficient (Wildman–Crippen LogP) is 3.53. The maximum atomic E-state index is 12.6. The van der Waals surface area contributed by atoms with E-state index in [0.29, 0.717) is 43.5 Å². The summed E-state index contributed by atoms with van der Waals surface area (Å²) in [4.78, 5) is 18.9. The number of benzene rings is 2. The van der Waals surface area contributed by atoms with Gasteiger partial charge in [0.1, 0.15) is 5.75 Å². The number of likely N-dealkylation sites (tertiary alicyclic amines) is 1. The fourth-order valence-electron chi connectivity index (χ4n) is 3.84. The zero-order chi connectivity index (χ0) is 20.5. The molecule has 1 aliphatic rings. The number of para-hydroxylation sites is 1. The largest absolute Gasteiger partial charge is 0.494 e. The van der Waals surface area contributed by atoms with Gasteiger partial charge in [-0.1, -0.05) is 35.5 Å². The van der Waals surface area contributed by atoms with Crippen molar-refractivity contribution in [2.45, 2.75) is 25.8 Å². The molecular weight excluding hydrogens is 382 g/mol. The number of H-pyrrole nitrogens is 1. The molecule has 8 heteroatoms. The summed E-state index contributed by atoms with van der Waals surface area (Å²) < 4.78 is 11.0. The van der Waals surface area contributed by atoms with Gasteiger partial charge >= 0.3 is 0 Å².